The van der Waals surface area contributed by atoms with Gasteiger partial charge in [0.25, 0.3) is 0 Å². The van der Waals surface area contributed by atoms with Gasteiger partial charge < -0.3 is 5.11 Å². The molecule has 0 saturated heterocycles. The molecule has 0 aliphatic carbocycles. The first kappa shape index (κ1) is 20.3. The number of fused-ring (bicyclic) bond motifs is 1. The lowest BCUT2D eigenvalue weighted by molar-refractivity contribution is -0.147. The molecule has 1 aromatic heterocycles. The van der Waals surface area contributed by atoms with Crippen LogP contribution in [-0.2, 0) is 17.2 Å². The first-order chi connectivity index (χ1) is 13.2. The van der Waals surface area contributed by atoms with E-state index >= 15 is 0 Å². The Balaban J connectivity index is 2.27. The molecule has 148 valence electrons. The second kappa shape index (κ2) is 7.55. The van der Waals surface area contributed by atoms with Gasteiger partial charge in [0.05, 0.1) is 10.9 Å². The minimum absolute atomic E-state index is 0.344. The van der Waals surface area contributed by atoms with Gasteiger partial charge in [0.15, 0.2) is 0 Å². The number of carboxylic acid groups (broad SMARTS) is 1. The number of carbonyl (C=O) groups is 1. The first-order valence-corrected chi connectivity index (χ1v) is 9.97. The molecular weight excluding hydrogens is 374 g/mol. The number of aromatic nitrogens is 3. The summed E-state index contributed by atoms with van der Waals surface area (Å²) >= 11 is 6.12. The van der Waals surface area contributed by atoms with Crippen molar-refractivity contribution < 1.29 is 9.90 Å². The van der Waals surface area contributed by atoms with Gasteiger partial charge in [-0.15, -0.1) is 16.7 Å². The van der Waals surface area contributed by atoms with E-state index < -0.39 is 11.4 Å². The zero-order chi connectivity index (χ0) is 20.6. The second-order valence-corrected chi connectivity index (χ2v) is 8.10. The molecule has 0 amide bonds. The average molecular weight is 400 g/mol. The number of nitrogens with zero attached hydrogens (tertiary/aromatic N) is 3. The molecule has 0 spiro atoms. The van der Waals surface area contributed by atoms with Crippen molar-refractivity contribution in [2.45, 2.75) is 53.0 Å². The Morgan fingerprint density at radius 1 is 1.25 bits per heavy atom. The molecule has 5 nitrogen and oxygen atoms in total. The molecule has 28 heavy (non-hydrogen) atoms. The smallest absolute Gasteiger partial charge is 0.310 e. The molecule has 3 aromatic rings. The van der Waals surface area contributed by atoms with E-state index in [-0.39, 0.29) is 5.92 Å². The summed E-state index contributed by atoms with van der Waals surface area (Å²) in [6.45, 7) is 10.3. The predicted octanol–water partition coefficient (Wildman–Crippen LogP) is 5.05. The van der Waals surface area contributed by atoms with Crippen LogP contribution >= 0.6 is 11.6 Å². The monoisotopic (exact) mass is 399 g/mol. The van der Waals surface area contributed by atoms with Crippen molar-refractivity contribution in [3.63, 3.8) is 0 Å². The maximum atomic E-state index is 12.2. The van der Waals surface area contributed by atoms with Crippen LogP contribution in [-0.4, -0.2) is 26.1 Å². The van der Waals surface area contributed by atoms with Gasteiger partial charge in [0.1, 0.15) is 5.52 Å². The summed E-state index contributed by atoms with van der Waals surface area (Å²) in [5.74, 6) is -0.797. The van der Waals surface area contributed by atoms with Gasteiger partial charge in [-0.3, -0.25) is 4.79 Å². The minimum Gasteiger partial charge on any atom is -0.481 e. The molecule has 3 rings (SSSR count). The van der Waals surface area contributed by atoms with E-state index in [1.165, 1.54) is 0 Å². The van der Waals surface area contributed by atoms with E-state index in [1.54, 1.807) is 13.8 Å². The van der Waals surface area contributed by atoms with E-state index in [0.717, 1.165) is 45.4 Å². The molecular formula is C22H26ClN3O2. The third kappa shape index (κ3) is 3.28. The van der Waals surface area contributed by atoms with E-state index in [1.807, 2.05) is 55.8 Å². The molecule has 0 aliphatic heterocycles. The van der Waals surface area contributed by atoms with Crippen LogP contribution in [0.15, 0.2) is 30.3 Å². The Bertz CT molecular complexity index is 1040. The van der Waals surface area contributed by atoms with Crippen molar-refractivity contribution in [2.75, 3.05) is 0 Å². The van der Waals surface area contributed by atoms with Gasteiger partial charge in [-0.1, -0.05) is 29.5 Å². The van der Waals surface area contributed by atoms with Gasteiger partial charge in [0.2, 0.25) is 0 Å². The van der Waals surface area contributed by atoms with Gasteiger partial charge in [-0.05, 0) is 68.5 Å². The van der Waals surface area contributed by atoms with Crippen molar-refractivity contribution in [2.24, 2.45) is 5.41 Å². The van der Waals surface area contributed by atoms with E-state index in [9.17, 15) is 9.90 Å². The standard InChI is InChI=1S/C22H26ClN3O2/c1-6-26-18-10-9-17(14(3)20(18)24-25-26)19(22(4,5)21(27)28)15-8-7-13(2)16(11-15)12-23/h7-11,19H,6,12H2,1-5H3,(H,27,28). The molecule has 1 atom stereocenters. The summed E-state index contributed by atoms with van der Waals surface area (Å²) in [6.07, 6.45) is 0. The minimum atomic E-state index is -1.02. The third-order valence-electron chi connectivity index (χ3n) is 5.72. The van der Waals surface area contributed by atoms with Gasteiger partial charge in [-0.2, -0.15) is 0 Å². The first-order valence-electron chi connectivity index (χ1n) is 9.43. The average Bonchev–Trinajstić information content (AvgIpc) is 3.08. The summed E-state index contributed by atoms with van der Waals surface area (Å²) in [4.78, 5) is 12.2. The van der Waals surface area contributed by atoms with Gasteiger partial charge in [-0.25, -0.2) is 4.68 Å². The Labute approximate surface area is 170 Å². The zero-order valence-corrected chi connectivity index (χ0v) is 17.7. The number of benzene rings is 2. The molecule has 0 saturated carbocycles. The Hall–Kier alpha value is -2.40. The van der Waals surface area contributed by atoms with Crippen LogP contribution in [0.25, 0.3) is 11.0 Å². The molecule has 1 N–H and O–H groups in total. The van der Waals surface area contributed by atoms with Crippen molar-refractivity contribution >= 4 is 28.6 Å². The van der Waals surface area contributed by atoms with Crippen LogP contribution < -0.4 is 0 Å². The lowest BCUT2D eigenvalue weighted by Crippen LogP contribution is -2.32. The normalized spacial score (nSPS) is 13.1. The maximum absolute atomic E-state index is 12.2. The highest BCUT2D eigenvalue weighted by Gasteiger charge is 2.40. The fourth-order valence-corrected chi connectivity index (χ4v) is 4.14. The van der Waals surface area contributed by atoms with Crippen LogP contribution in [0.3, 0.4) is 0 Å². The van der Waals surface area contributed by atoms with E-state index in [0.29, 0.717) is 5.88 Å². The molecule has 1 unspecified atom stereocenters. The highest BCUT2D eigenvalue weighted by molar-refractivity contribution is 6.17. The zero-order valence-electron chi connectivity index (χ0n) is 17.0. The summed E-state index contributed by atoms with van der Waals surface area (Å²) < 4.78 is 1.85. The summed E-state index contributed by atoms with van der Waals surface area (Å²) in [7, 11) is 0. The van der Waals surface area contributed by atoms with Crippen molar-refractivity contribution in [1.82, 2.24) is 15.0 Å². The van der Waals surface area contributed by atoms with Gasteiger partial charge >= 0.3 is 5.97 Å². The maximum Gasteiger partial charge on any atom is 0.310 e. The molecule has 0 radical (unpaired) electrons. The number of alkyl halides is 1. The number of halogens is 1. The predicted molar refractivity (Wildman–Crippen MR) is 112 cm³/mol. The summed E-state index contributed by atoms with van der Waals surface area (Å²) in [5, 5.41) is 18.6. The molecule has 0 fully saturated rings. The Morgan fingerprint density at radius 2 is 1.96 bits per heavy atom. The lowest BCUT2D eigenvalue weighted by Gasteiger charge is -2.33. The fourth-order valence-electron chi connectivity index (χ4n) is 3.85. The molecule has 0 bridgehead atoms. The quantitative estimate of drug-likeness (QED) is 0.589. The van der Waals surface area contributed by atoms with Gasteiger partial charge in [0, 0.05) is 18.3 Å². The molecule has 2 aromatic carbocycles. The summed E-state index contributed by atoms with van der Waals surface area (Å²) in [6, 6.07) is 10.1. The summed E-state index contributed by atoms with van der Waals surface area (Å²) in [5.41, 5.74) is 5.73. The number of hydrogen-bond donors (Lipinski definition) is 1. The van der Waals surface area contributed by atoms with Crippen LogP contribution in [0.4, 0.5) is 0 Å². The van der Waals surface area contributed by atoms with E-state index in [4.69, 9.17) is 11.6 Å². The van der Waals surface area contributed by atoms with E-state index in [2.05, 4.69) is 10.3 Å². The van der Waals surface area contributed by atoms with Crippen molar-refractivity contribution in [3.05, 3.63) is 58.1 Å². The molecule has 6 heteroatoms. The number of carboxylic acids is 1. The second-order valence-electron chi connectivity index (χ2n) is 7.83. The number of aliphatic carboxylic acids is 1. The molecule has 1 heterocycles. The SMILES string of the molecule is CCn1nnc2c(C)c(C(c3ccc(C)c(CCl)c3)C(C)(C)C(=O)O)ccc21. The topological polar surface area (TPSA) is 68.0 Å². The Morgan fingerprint density at radius 3 is 2.57 bits per heavy atom. The van der Waals surface area contributed by atoms with Crippen LogP contribution in [0.2, 0.25) is 0 Å². The lowest BCUT2D eigenvalue weighted by atomic mass is 9.70. The highest BCUT2D eigenvalue weighted by atomic mass is 35.5. The molecule has 0 aliphatic rings. The third-order valence-corrected chi connectivity index (χ3v) is 6.00. The van der Waals surface area contributed by atoms with Crippen LogP contribution in [0, 0.1) is 19.3 Å². The largest absolute Gasteiger partial charge is 0.481 e. The van der Waals surface area contributed by atoms with Crippen molar-refractivity contribution in [3.8, 4) is 0 Å². The van der Waals surface area contributed by atoms with Crippen LogP contribution in [0.5, 0.6) is 0 Å². The number of hydrogen-bond acceptors (Lipinski definition) is 3. The van der Waals surface area contributed by atoms with Crippen LogP contribution in [0.1, 0.15) is 54.5 Å². The highest BCUT2D eigenvalue weighted by Crippen LogP contribution is 2.44. The van der Waals surface area contributed by atoms with Crippen molar-refractivity contribution in [1.29, 1.82) is 0 Å². The Kier molecular flexibility index (Phi) is 5.48. The number of rotatable bonds is 6. The number of aryl methyl sites for hydroxylation is 3. The fraction of sp³-hybridized carbons (Fsp3) is 0.409.